The SMILES string of the molecule is Cc1cc(N)ccc1-c1nc2c(F)cccc2n1C(C)C. The van der Waals surface area contributed by atoms with Crippen LogP contribution in [-0.4, -0.2) is 9.55 Å². The fourth-order valence-electron chi connectivity index (χ4n) is 2.73. The van der Waals surface area contributed by atoms with Crippen molar-refractivity contribution in [1.82, 2.24) is 9.55 Å². The van der Waals surface area contributed by atoms with Crippen molar-refractivity contribution in [3.63, 3.8) is 0 Å². The summed E-state index contributed by atoms with van der Waals surface area (Å²) in [7, 11) is 0. The zero-order valence-corrected chi connectivity index (χ0v) is 12.4. The maximum absolute atomic E-state index is 14.0. The molecule has 0 radical (unpaired) electrons. The number of halogens is 1. The molecule has 0 bridgehead atoms. The summed E-state index contributed by atoms with van der Waals surface area (Å²) in [6.45, 7) is 6.14. The lowest BCUT2D eigenvalue weighted by atomic mass is 10.1. The highest BCUT2D eigenvalue weighted by molar-refractivity contribution is 5.82. The standard InChI is InChI=1S/C17H18FN3/c1-10(2)21-15-6-4-5-14(18)16(15)20-17(21)13-8-7-12(19)9-11(13)3/h4-10H,19H2,1-3H3. The molecule has 0 aliphatic rings. The summed E-state index contributed by atoms with van der Waals surface area (Å²) in [6, 6.07) is 11.0. The van der Waals surface area contributed by atoms with Crippen LogP contribution in [0.5, 0.6) is 0 Å². The van der Waals surface area contributed by atoms with Gasteiger partial charge in [-0.2, -0.15) is 0 Å². The van der Waals surface area contributed by atoms with Gasteiger partial charge in [-0.05, 0) is 56.7 Å². The Balaban J connectivity index is 2.36. The fourth-order valence-corrected chi connectivity index (χ4v) is 2.73. The van der Waals surface area contributed by atoms with E-state index in [9.17, 15) is 4.39 Å². The monoisotopic (exact) mass is 283 g/mol. The van der Waals surface area contributed by atoms with Gasteiger partial charge in [-0.3, -0.25) is 0 Å². The molecule has 108 valence electrons. The van der Waals surface area contributed by atoms with E-state index in [1.165, 1.54) is 6.07 Å². The van der Waals surface area contributed by atoms with Gasteiger partial charge in [-0.1, -0.05) is 6.07 Å². The van der Waals surface area contributed by atoms with Crippen LogP contribution < -0.4 is 5.73 Å². The number of rotatable bonds is 2. The fraction of sp³-hybridized carbons (Fsp3) is 0.235. The number of nitrogens with zero attached hydrogens (tertiary/aromatic N) is 2. The number of aromatic nitrogens is 2. The second-order valence-corrected chi connectivity index (χ2v) is 5.58. The molecule has 3 rings (SSSR count). The van der Waals surface area contributed by atoms with Crippen molar-refractivity contribution in [3.05, 3.63) is 47.8 Å². The zero-order chi connectivity index (χ0) is 15.1. The van der Waals surface area contributed by atoms with E-state index in [0.717, 1.165) is 28.2 Å². The van der Waals surface area contributed by atoms with Crippen molar-refractivity contribution in [3.8, 4) is 11.4 Å². The van der Waals surface area contributed by atoms with Crippen LogP contribution in [0, 0.1) is 12.7 Å². The minimum absolute atomic E-state index is 0.184. The number of nitrogens with two attached hydrogens (primary N) is 1. The first-order valence-corrected chi connectivity index (χ1v) is 7.02. The zero-order valence-electron chi connectivity index (χ0n) is 12.4. The molecule has 4 heteroatoms. The van der Waals surface area contributed by atoms with Crippen LogP contribution in [0.2, 0.25) is 0 Å². The van der Waals surface area contributed by atoms with Crippen LogP contribution in [-0.2, 0) is 0 Å². The van der Waals surface area contributed by atoms with E-state index in [-0.39, 0.29) is 11.9 Å². The van der Waals surface area contributed by atoms with E-state index in [0.29, 0.717) is 5.52 Å². The summed E-state index contributed by atoms with van der Waals surface area (Å²) < 4.78 is 16.1. The van der Waals surface area contributed by atoms with Crippen LogP contribution in [0.15, 0.2) is 36.4 Å². The predicted octanol–water partition coefficient (Wildman–Crippen LogP) is 4.31. The highest BCUT2D eigenvalue weighted by Crippen LogP contribution is 2.31. The Morgan fingerprint density at radius 3 is 2.62 bits per heavy atom. The molecular formula is C17H18FN3. The highest BCUT2D eigenvalue weighted by atomic mass is 19.1. The number of benzene rings is 2. The average molecular weight is 283 g/mol. The molecule has 21 heavy (non-hydrogen) atoms. The number of aryl methyl sites for hydroxylation is 1. The topological polar surface area (TPSA) is 43.8 Å². The van der Waals surface area contributed by atoms with Crippen LogP contribution >= 0.6 is 0 Å². The van der Waals surface area contributed by atoms with Crippen LogP contribution in [0.3, 0.4) is 0 Å². The normalized spacial score (nSPS) is 11.5. The Labute approximate surface area is 123 Å². The van der Waals surface area contributed by atoms with Gasteiger partial charge in [0.1, 0.15) is 11.3 Å². The molecule has 0 atom stereocenters. The third kappa shape index (κ3) is 2.17. The largest absolute Gasteiger partial charge is 0.399 e. The third-order valence-corrected chi connectivity index (χ3v) is 3.68. The first kappa shape index (κ1) is 13.6. The molecule has 0 aliphatic carbocycles. The van der Waals surface area contributed by atoms with Crippen molar-refractivity contribution in [1.29, 1.82) is 0 Å². The number of anilines is 1. The molecule has 2 aromatic carbocycles. The Kier molecular flexibility index (Phi) is 3.16. The molecule has 1 aromatic heterocycles. The van der Waals surface area contributed by atoms with Crippen molar-refractivity contribution in [2.24, 2.45) is 0 Å². The molecule has 0 amide bonds. The number of hydrogen-bond acceptors (Lipinski definition) is 2. The first-order chi connectivity index (χ1) is 9.99. The second kappa shape index (κ2) is 4.88. The number of nitrogen functional groups attached to an aromatic ring is 1. The maximum Gasteiger partial charge on any atom is 0.151 e. The third-order valence-electron chi connectivity index (χ3n) is 3.68. The van der Waals surface area contributed by atoms with E-state index >= 15 is 0 Å². The maximum atomic E-state index is 14.0. The van der Waals surface area contributed by atoms with Crippen LogP contribution in [0.1, 0.15) is 25.5 Å². The lowest BCUT2D eigenvalue weighted by molar-refractivity contribution is 0.623. The van der Waals surface area contributed by atoms with Gasteiger partial charge in [-0.15, -0.1) is 0 Å². The first-order valence-electron chi connectivity index (χ1n) is 7.02. The molecule has 0 unspecified atom stereocenters. The van der Waals surface area contributed by atoms with Gasteiger partial charge in [-0.25, -0.2) is 9.37 Å². The summed E-state index contributed by atoms with van der Waals surface area (Å²) in [5.74, 6) is 0.490. The highest BCUT2D eigenvalue weighted by Gasteiger charge is 2.18. The van der Waals surface area contributed by atoms with Gasteiger partial charge in [0, 0.05) is 17.3 Å². The van der Waals surface area contributed by atoms with Gasteiger partial charge in [0.05, 0.1) is 5.52 Å². The minimum atomic E-state index is -0.291. The molecule has 0 saturated carbocycles. The van der Waals surface area contributed by atoms with Crippen molar-refractivity contribution in [2.45, 2.75) is 26.8 Å². The molecule has 1 heterocycles. The lowest BCUT2D eigenvalue weighted by Gasteiger charge is -2.14. The van der Waals surface area contributed by atoms with E-state index in [2.05, 4.69) is 23.4 Å². The predicted molar refractivity (Wildman–Crippen MR) is 84.7 cm³/mol. The lowest BCUT2D eigenvalue weighted by Crippen LogP contribution is -2.04. The average Bonchev–Trinajstić information content (AvgIpc) is 2.79. The second-order valence-electron chi connectivity index (χ2n) is 5.58. The van der Waals surface area contributed by atoms with Gasteiger partial charge >= 0.3 is 0 Å². The molecule has 3 nitrogen and oxygen atoms in total. The number of para-hydroxylation sites is 1. The van der Waals surface area contributed by atoms with Gasteiger partial charge in [0.2, 0.25) is 0 Å². The van der Waals surface area contributed by atoms with Crippen LogP contribution in [0.4, 0.5) is 10.1 Å². The summed E-state index contributed by atoms with van der Waals surface area (Å²) in [5.41, 5.74) is 9.78. The van der Waals surface area contributed by atoms with E-state index in [1.54, 1.807) is 6.07 Å². The van der Waals surface area contributed by atoms with Gasteiger partial charge in [0.15, 0.2) is 5.82 Å². The molecule has 3 aromatic rings. The number of imidazole rings is 1. The molecule has 0 spiro atoms. The van der Waals surface area contributed by atoms with Crippen molar-refractivity contribution >= 4 is 16.7 Å². The molecule has 2 N–H and O–H groups in total. The minimum Gasteiger partial charge on any atom is -0.399 e. The van der Waals surface area contributed by atoms with Crippen molar-refractivity contribution < 1.29 is 4.39 Å². The van der Waals surface area contributed by atoms with E-state index < -0.39 is 0 Å². The smallest absolute Gasteiger partial charge is 0.151 e. The summed E-state index contributed by atoms with van der Waals surface area (Å²) in [5, 5.41) is 0. The summed E-state index contributed by atoms with van der Waals surface area (Å²) >= 11 is 0. The van der Waals surface area contributed by atoms with Gasteiger partial charge in [0.25, 0.3) is 0 Å². The Morgan fingerprint density at radius 2 is 1.95 bits per heavy atom. The Morgan fingerprint density at radius 1 is 1.19 bits per heavy atom. The molecule has 0 saturated heterocycles. The van der Waals surface area contributed by atoms with Crippen LogP contribution in [0.25, 0.3) is 22.4 Å². The Hall–Kier alpha value is -2.36. The number of hydrogen-bond donors (Lipinski definition) is 1. The quantitative estimate of drug-likeness (QED) is 0.712. The van der Waals surface area contributed by atoms with E-state index in [4.69, 9.17) is 5.73 Å². The number of fused-ring (bicyclic) bond motifs is 1. The van der Waals surface area contributed by atoms with Gasteiger partial charge < -0.3 is 10.3 Å². The molecule has 0 fully saturated rings. The molecular weight excluding hydrogens is 265 g/mol. The molecule has 0 aliphatic heterocycles. The van der Waals surface area contributed by atoms with E-state index in [1.807, 2.05) is 31.2 Å². The van der Waals surface area contributed by atoms with Crippen molar-refractivity contribution in [2.75, 3.05) is 5.73 Å². The summed E-state index contributed by atoms with van der Waals surface area (Å²) in [6.07, 6.45) is 0. The summed E-state index contributed by atoms with van der Waals surface area (Å²) in [4.78, 5) is 4.54. The Bertz CT molecular complexity index is 818.